The van der Waals surface area contributed by atoms with Crippen molar-refractivity contribution >= 4 is 11.6 Å². The standard InChI is InChI=1S/C39H70O2.C2H7N/c1-3-5-7-9-11-13-15-17-19-21-23-25-27-29-31-33-38(40)36-35-37(36)39(41)34-32-30-28-26-24-22-20-18-16-14-12-10-8-6-4-2;1-3-2/h17-20,36-37H,3-16,21-35H2,1-2H3;3H,1-2H3/b19-17-,20-18-;. The lowest BCUT2D eigenvalue weighted by Crippen LogP contribution is -2.08. The molecule has 0 saturated heterocycles. The molecule has 0 aromatic rings. The minimum Gasteiger partial charge on any atom is -0.323 e. The molecular weight excluding hydrogens is 538 g/mol. The number of carbonyl (C=O) groups is 2. The summed E-state index contributed by atoms with van der Waals surface area (Å²) in [4.78, 5) is 25.0. The molecule has 0 amide bonds. The third-order valence-electron chi connectivity index (χ3n) is 8.99. The van der Waals surface area contributed by atoms with Gasteiger partial charge in [0.15, 0.2) is 0 Å². The van der Waals surface area contributed by atoms with Crippen molar-refractivity contribution in [1.82, 2.24) is 5.32 Å². The van der Waals surface area contributed by atoms with Crippen molar-refractivity contribution in [3.63, 3.8) is 0 Å². The summed E-state index contributed by atoms with van der Waals surface area (Å²) in [6, 6.07) is 0. The molecule has 44 heavy (non-hydrogen) atoms. The Kier molecular flexibility index (Phi) is 33.7. The second-order valence-corrected chi connectivity index (χ2v) is 13.5. The number of rotatable bonds is 32. The Labute approximate surface area is 276 Å². The van der Waals surface area contributed by atoms with Crippen LogP contribution in [0.3, 0.4) is 0 Å². The molecule has 1 fully saturated rings. The van der Waals surface area contributed by atoms with E-state index in [1.807, 2.05) is 14.1 Å². The predicted molar refractivity (Wildman–Crippen MR) is 195 cm³/mol. The predicted octanol–water partition coefficient (Wildman–Crippen LogP) is 12.7. The van der Waals surface area contributed by atoms with Crippen LogP contribution in [0, 0.1) is 11.8 Å². The molecular formula is C41H77NO2. The Balaban J connectivity index is 0.00000590. The van der Waals surface area contributed by atoms with Crippen LogP contribution >= 0.6 is 0 Å². The van der Waals surface area contributed by atoms with E-state index in [0.29, 0.717) is 24.4 Å². The van der Waals surface area contributed by atoms with Gasteiger partial charge in [0.25, 0.3) is 0 Å². The van der Waals surface area contributed by atoms with Gasteiger partial charge in [0, 0.05) is 24.7 Å². The third-order valence-corrected chi connectivity index (χ3v) is 8.99. The summed E-state index contributed by atoms with van der Waals surface area (Å²) in [6.07, 6.45) is 45.1. The van der Waals surface area contributed by atoms with Crippen LogP contribution in [0.4, 0.5) is 0 Å². The molecule has 0 aromatic carbocycles. The van der Waals surface area contributed by atoms with E-state index < -0.39 is 0 Å². The maximum atomic E-state index is 12.5. The smallest absolute Gasteiger partial charge is 0.136 e. The Morgan fingerprint density at radius 3 is 1.00 bits per heavy atom. The van der Waals surface area contributed by atoms with E-state index in [0.717, 1.165) is 32.1 Å². The Morgan fingerprint density at radius 1 is 0.455 bits per heavy atom. The molecule has 1 saturated carbocycles. The lowest BCUT2D eigenvalue weighted by Gasteiger charge is -2.03. The quantitative estimate of drug-likeness (QED) is 0.0605. The first-order valence-electron chi connectivity index (χ1n) is 19.6. The van der Waals surface area contributed by atoms with E-state index in [1.165, 1.54) is 141 Å². The number of hydrogen-bond donors (Lipinski definition) is 1. The largest absolute Gasteiger partial charge is 0.323 e. The molecule has 0 radical (unpaired) electrons. The zero-order valence-corrected chi connectivity index (χ0v) is 30.3. The fourth-order valence-electron chi connectivity index (χ4n) is 6.02. The lowest BCUT2D eigenvalue weighted by molar-refractivity contribution is -0.125. The highest BCUT2D eigenvalue weighted by atomic mass is 16.1. The van der Waals surface area contributed by atoms with E-state index in [1.54, 1.807) is 0 Å². The average Bonchev–Trinajstić information content (AvgIpc) is 3.83. The number of nitrogens with one attached hydrogen (secondary N) is 1. The Morgan fingerprint density at radius 2 is 0.705 bits per heavy atom. The van der Waals surface area contributed by atoms with Crippen molar-refractivity contribution < 1.29 is 9.59 Å². The molecule has 0 spiro atoms. The fourth-order valence-corrected chi connectivity index (χ4v) is 6.02. The summed E-state index contributed by atoms with van der Waals surface area (Å²) >= 11 is 0. The van der Waals surface area contributed by atoms with Crippen molar-refractivity contribution in [2.75, 3.05) is 14.1 Å². The van der Waals surface area contributed by atoms with E-state index >= 15 is 0 Å². The molecule has 3 heteroatoms. The Hall–Kier alpha value is -1.22. The highest BCUT2D eigenvalue weighted by Crippen LogP contribution is 2.42. The molecule has 1 N–H and O–H groups in total. The van der Waals surface area contributed by atoms with Crippen molar-refractivity contribution in [3.05, 3.63) is 24.3 Å². The maximum absolute atomic E-state index is 12.5. The van der Waals surface area contributed by atoms with Crippen molar-refractivity contribution in [1.29, 1.82) is 0 Å². The second kappa shape index (κ2) is 34.6. The molecule has 0 aromatic heterocycles. The van der Waals surface area contributed by atoms with Gasteiger partial charge in [-0.3, -0.25) is 9.59 Å². The molecule has 0 heterocycles. The van der Waals surface area contributed by atoms with Gasteiger partial charge in [-0.05, 0) is 84.7 Å². The normalized spacial score (nSPS) is 16.0. The van der Waals surface area contributed by atoms with Crippen LogP contribution in [-0.4, -0.2) is 25.7 Å². The first-order chi connectivity index (χ1) is 21.6. The van der Waals surface area contributed by atoms with Crippen LogP contribution in [0.5, 0.6) is 0 Å². The highest BCUT2D eigenvalue weighted by Gasteiger charge is 2.46. The summed E-state index contributed by atoms with van der Waals surface area (Å²) in [5.41, 5.74) is 0. The first-order valence-corrected chi connectivity index (χ1v) is 19.6. The van der Waals surface area contributed by atoms with E-state index in [2.05, 4.69) is 43.5 Å². The lowest BCUT2D eigenvalue weighted by atomic mass is 10.0. The van der Waals surface area contributed by atoms with Crippen LogP contribution in [0.2, 0.25) is 0 Å². The number of Topliss-reactive ketones (excluding diaryl/α,β-unsaturated/α-hetero) is 2. The topological polar surface area (TPSA) is 46.2 Å². The molecule has 1 aliphatic rings. The van der Waals surface area contributed by atoms with Crippen LogP contribution < -0.4 is 5.32 Å². The van der Waals surface area contributed by atoms with Gasteiger partial charge in [-0.2, -0.15) is 0 Å². The summed E-state index contributed by atoms with van der Waals surface area (Å²) in [6.45, 7) is 4.55. The van der Waals surface area contributed by atoms with E-state index in [-0.39, 0.29) is 11.8 Å². The second-order valence-electron chi connectivity index (χ2n) is 13.5. The third kappa shape index (κ3) is 29.5. The van der Waals surface area contributed by atoms with Crippen LogP contribution in [0.25, 0.3) is 0 Å². The van der Waals surface area contributed by atoms with Gasteiger partial charge in [-0.1, -0.05) is 141 Å². The minimum absolute atomic E-state index is 0.0717. The summed E-state index contributed by atoms with van der Waals surface area (Å²) < 4.78 is 0. The summed E-state index contributed by atoms with van der Waals surface area (Å²) in [5, 5.41) is 2.75. The molecule has 2 unspecified atom stereocenters. The van der Waals surface area contributed by atoms with Gasteiger partial charge in [0.05, 0.1) is 0 Å². The molecule has 3 nitrogen and oxygen atoms in total. The zero-order chi connectivity index (χ0) is 32.4. The highest BCUT2D eigenvalue weighted by molar-refractivity contribution is 5.94. The van der Waals surface area contributed by atoms with Gasteiger partial charge >= 0.3 is 0 Å². The molecule has 0 bridgehead atoms. The minimum atomic E-state index is 0.0717. The summed E-state index contributed by atoms with van der Waals surface area (Å²) in [5.74, 6) is 0.876. The number of ketones is 2. The SMILES string of the molecule is CCCCCCCC/C=C\CCCCCCCC(=O)C1CC1C(=O)CCCCCCC/C=C\CCCCCCCC.CNC. The molecule has 1 rings (SSSR count). The fraction of sp³-hybridized carbons (Fsp3) is 0.854. The van der Waals surface area contributed by atoms with Gasteiger partial charge < -0.3 is 5.32 Å². The first kappa shape index (κ1) is 42.8. The van der Waals surface area contributed by atoms with Gasteiger partial charge in [0.1, 0.15) is 11.6 Å². The van der Waals surface area contributed by atoms with Crippen molar-refractivity contribution in [3.8, 4) is 0 Å². The van der Waals surface area contributed by atoms with Crippen LogP contribution in [-0.2, 0) is 9.59 Å². The number of allylic oxidation sites excluding steroid dienone is 4. The zero-order valence-electron chi connectivity index (χ0n) is 30.3. The number of carbonyl (C=O) groups excluding carboxylic acids is 2. The van der Waals surface area contributed by atoms with Gasteiger partial charge in [-0.15, -0.1) is 0 Å². The maximum Gasteiger partial charge on any atom is 0.136 e. The molecule has 0 aliphatic heterocycles. The van der Waals surface area contributed by atoms with Crippen LogP contribution in [0.15, 0.2) is 24.3 Å². The number of unbranched alkanes of at least 4 members (excludes halogenated alkanes) is 22. The number of hydrogen-bond acceptors (Lipinski definition) is 3. The van der Waals surface area contributed by atoms with E-state index in [4.69, 9.17) is 0 Å². The molecule has 258 valence electrons. The Bertz CT molecular complexity index is 626. The van der Waals surface area contributed by atoms with Crippen molar-refractivity contribution in [2.24, 2.45) is 11.8 Å². The monoisotopic (exact) mass is 616 g/mol. The summed E-state index contributed by atoms with van der Waals surface area (Å²) in [7, 11) is 3.75. The van der Waals surface area contributed by atoms with Crippen LogP contribution in [0.1, 0.15) is 200 Å². The van der Waals surface area contributed by atoms with E-state index in [9.17, 15) is 9.59 Å². The van der Waals surface area contributed by atoms with Crippen molar-refractivity contribution in [2.45, 2.75) is 200 Å². The average molecular weight is 616 g/mol. The molecule has 2 atom stereocenters. The molecule has 1 aliphatic carbocycles. The van der Waals surface area contributed by atoms with Gasteiger partial charge in [0.2, 0.25) is 0 Å². The van der Waals surface area contributed by atoms with Gasteiger partial charge in [-0.25, -0.2) is 0 Å².